The van der Waals surface area contributed by atoms with Gasteiger partial charge in [0.25, 0.3) is 11.8 Å². The summed E-state index contributed by atoms with van der Waals surface area (Å²) in [5, 5.41) is 13.0. The van der Waals surface area contributed by atoms with E-state index in [0.717, 1.165) is 40.6 Å². The number of rotatable bonds is 10. The summed E-state index contributed by atoms with van der Waals surface area (Å²) in [7, 11) is 1.77. The second-order valence-corrected chi connectivity index (χ2v) is 17.6. The summed E-state index contributed by atoms with van der Waals surface area (Å²) in [6.45, 7) is 1.35. The first-order valence-corrected chi connectivity index (χ1v) is 21.2. The number of benzene rings is 2. The third-order valence-corrected chi connectivity index (χ3v) is 13.5. The molecular formula is C44H43ClF4N10O3. The van der Waals surface area contributed by atoms with Crippen LogP contribution in [0.1, 0.15) is 64.3 Å². The normalized spacial score (nSPS) is 23.0. The fourth-order valence-electron chi connectivity index (χ4n) is 9.59. The number of fused-ring (bicyclic) bond motifs is 2. The van der Waals surface area contributed by atoms with Crippen LogP contribution in [0.4, 0.5) is 34.8 Å². The standard InChI is InChI=1S/C44H43ClF4N10O3/c1-50-35-16-38(55-59-37(18-52-40(35)59)42(62)53-34-15-32(34)47)58-11-9-27-26(3-2-4-36(27)58)33-7-5-24(17-51-33)19-57-21-43(22-57)10-12-56(23-44(43,48)49)20-25-13-29(30(45)14-31(25)46)28-6-8-39(60)54-41(28)61/h2-5,7,13-14,16-18,28,32,34,50H,6,8-12,15,19-23H2,1H3,(H,53,62)(H,54,60,61)/t28?,32-,34?/m0/s1. The number of hydrogen-bond donors (Lipinski definition) is 3. The van der Waals surface area contributed by atoms with E-state index in [1.807, 2.05) is 41.3 Å². The van der Waals surface area contributed by atoms with Crippen molar-refractivity contribution >= 4 is 52.2 Å². The molecule has 322 valence electrons. The van der Waals surface area contributed by atoms with Crippen molar-refractivity contribution in [3.8, 4) is 11.3 Å². The maximum Gasteiger partial charge on any atom is 0.271 e. The van der Waals surface area contributed by atoms with Gasteiger partial charge in [-0.05, 0) is 66.8 Å². The number of likely N-dealkylation sites (tertiary alicyclic amines) is 2. The molecule has 2 aromatic carbocycles. The molecule has 3 atom stereocenters. The Morgan fingerprint density at radius 2 is 1.82 bits per heavy atom. The van der Waals surface area contributed by atoms with Gasteiger partial charge in [0.2, 0.25) is 11.8 Å². The monoisotopic (exact) mass is 870 g/mol. The second-order valence-electron chi connectivity index (χ2n) is 17.2. The van der Waals surface area contributed by atoms with Gasteiger partial charge in [0.05, 0.1) is 41.5 Å². The van der Waals surface area contributed by atoms with E-state index in [0.29, 0.717) is 48.8 Å². The van der Waals surface area contributed by atoms with Crippen LogP contribution in [0.2, 0.25) is 5.02 Å². The summed E-state index contributed by atoms with van der Waals surface area (Å²) in [6, 6.07) is 14.0. The summed E-state index contributed by atoms with van der Waals surface area (Å²) >= 11 is 6.31. The van der Waals surface area contributed by atoms with Crippen molar-refractivity contribution in [1.29, 1.82) is 0 Å². The molecule has 4 fully saturated rings. The molecule has 1 aliphatic carbocycles. The minimum absolute atomic E-state index is 0.0558. The molecule has 4 aliphatic heterocycles. The number of anilines is 3. The zero-order chi connectivity index (χ0) is 43.1. The lowest BCUT2D eigenvalue weighted by molar-refractivity contribution is -0.227. The van der Waals surface area contributed by atoms with Gasteiger partial charge in [-0.2, -0.15) is 0 Å². The number of alkyl halides is 3. The molecule has 5 aromatic rings. The molecule has 3 aromatic heterocycles. The van der Waals surface area contributed by atoms with Gasteiger partial charge in [-0.15, -0.1) is 5.10 Å². The number of carbonyl (C=O) groups excluding carboxylic acids is 3. The van der Waals surface area contributed by atoms with E-state index >= 15 is 13.2 Å². The van der Waals surface area contributed by atoms with Gasteiger partial charge in [-0.25, -0.2) is 27.1 Å². The van der Waals surface area contributed by atoms with Crippen LogP contribution in [0, 0.1) is 11.2 Å². The SMILES string of the molecule is CNc1cc(N2CCc3c(-c4ccc(CN5CC6(CCN(Cc7cc(C8CCC(=O)NC8=O)c(Cl)cc7F)CC6(F)F)C5)cn4)cccc32)nn2c(C(=O)NC3C[C@@H]3F)cnc12. The van der Waals surface area contributed by atoms with Crippen LogP contribution in [0.5, 0.6) is 0 Å². The predicted octanol–water partition coefficient (Wildman–Crippen LogP) is 6.02. The fraction of sp³-hybridized carbons (Fsp3) is 0.409. The number of aromatic nitrogens is 4. The summed E-state index contributed by atoms with van der Waals surface area (Å²) in [5.41, 5.74) is 5.48. The lowest BCUT2D eigenvalue weighted by Crippen LogP contribution is -2.69. The molecular weight excluding hydrogens is 828 g/mol. The van der Waals surface area contributed by atoms with Crippen molar-refractivity contribution in [2.24, 2.45) is 5.41 Å². The molecule has 18 heteroatoms. The summed E-state index contributed by atoms with van der Waals surface area (Å²) in [6.07, 6.45) is 3.85. The molecule has 0 bridgehead atoms. The van der Waals surface area contributed by atoms with E-state index in [4.69, 9.17) is 21.7 Å². The molecule has 1 spiro atoms. The van der Waals surface area contributed by atoms with E-state index in [2.05, 4.69) is 25.8 Å². The largest absolute Gasteiger partial charge is 0.385 e. The van der Waals surface area contributed by atoms with Crippen LogP contribution in [0.15, 0.2) is 60.9 Å². The molecule has 7 heterocycles. The van der Waals surface area contributed by atoms with Crippen molar-refractivity contribution in [3.05, 3.63) is 99.7 Å². The number of hydrogen-bond acceptors (Lipinski definition) is 10. The lowest BCUT2D eigenvalue weighted by atomic mass is 9.69. The molecule has 62 heavy (non-hydrogen) atoms. The topological polar surface area (TPSA) is 140 Å². The smallest absolute Gasteiger partial charge is 0.271 e. The maximum absolute atomic E-state index is 16.0. The predicted molar refractivity (Wildman–Crippen MR) is 223 cm³/mol. The number of imidazole rings is 1. The van der Waals surface area contributed by atoms with E-state index < -0.39 is 53.6 Å². The number of amides is 3. The second kappa shape index (κ2) is 15.3. The van der Waals surface area contributed by atoms with E-state index in [9.17, 15) is 18.8 Å². The fourth-order valence-corrected chi connectivity index (χ4v) is 9.87. The van der Waals surface area contributed by atoms with Gasteiger partial charge in [-0.1, -0.05) is 29.8 Å². The minimum Gasteiger partial charge on any atom is -0.385 e. The number of nitrogens with zero attached hydrogens (tertiary/aromatic N) is 7. The van der Waals surface area contributed by atoms with Gasteiger partial charge in [0.1, 0.15) is 12.0 Å². The first-order valence-electron chi connectivity index (χ1n) is 20.8. The first kappa shape index (κ1) is 40.4. The third kappa shape index (κ3) is 7.12. The summed E-state index contributed by atoms with van der Waals surface area (Å²) in [4.78, 5) is 52.0. The van der Waals surface area contributed by atoms with Gasteiger partial charge >= 0.3 is 0 Å². The highest BCUT2D eigenvalue weighted by Crippen LogP contribution is 2.51. The van der Waals surface area contributed by atoms with Crippen LogP contribution in [-0.2, 0) is 29.1 Å². The van der Waals surface area contributed by atoms with Gasteiger partial charge in [0, 0.05) is 86.7 Å². The molecule has 1 saturated carbocycles. The Bertz CT molecular complexity index is 2640. The lowest BCUT2D eigenvalue weighted by Gasteiger charge is -2.57. The number of imide groups is 1. The Labute approximate surface area is 358 Å². The van der Waals surface area contributed by atoms with E-state index in [1.54, 1.807) is 18.1 Å². The van der Waals surface area contributed by atoms with Crippen molar-refractivity contribution in [1.82, 2.24) is 40.0 Å². The van der Waals surface area contributed by atoms with Crippen LogP contribution in [0.25, 0.3) is 16.9 Å². The quantitative estimate of drug-likeness (QED) is 0.113. The molecule has 3 N–H and O–H groups in total. The van der Waals surface area contributed by atoms with Crippen molar-refractivity contribution in [2.75, 3.05) is 50.0 Å². The zero-order valence-electron chi connectivity index (χ0n) is 33.7. The average molecular weight is 871 g/mol. The summed E-state index contributed by atoms with van der Waals surface area (Å²) in [5.74, 6) is -5.06. The Morgan fingerprint density at radius 3 is 2.55 bits per heavy atom. The molecule has 3 amide bonds. The van der Waals surface area contributed by atoms with Crippen molar-refractivity contribution in [3.63, 3.8) is 0 Å². The first-order chi connectivity index (χ1) is 29.8. The van der Waals surface area contributed by atoms with Crippen LogP contribution >= 0.6 is 11.6 Å². The number of carbonyl (C=O) groups is 3. The highest BCUT2D eigenvalue weighted by atomic mass is 35.5. The molecule has 10 rings (SSSR count). The van der Waals surface area contributed by atoms with E-state index in [-0.39, 0.29) is 61.1 Å². The van der Waals surface area contributed by atoms with Gasteiger partial charge in [-0.3, -0.25) is 34.5 Å². The van der Waals surface area contributed by atoms with Crippen molar-refractivity contribution < 1.29 is 31.9 Å². The van der Waals surface area contributed by atoms with Crippen LogP contribution in [-0.4, -0.2) is 105 Å². The highest BCUT2D eigenvalue weighted by Gasteiger charge is 2.62. The highest BCUT2D eigenvalue weighted by molar-refractivity contribution is 6.31. The maximum atomic E-state index is 16.0. The molecule has 13 nitrogen and oxygen atoms in total. The van der Waals surface area contributed by atoms with Crippen LogP contribution < -0.4 is 20.9 Å². The zero-order valence-corrected chi connectivity index (χ0v) is 34.5. The van der Waals surface area contributed by atoms with E-state index in [1.165, 1.54) is 16.8 Å². The Hall–Kier alpha value is -5.65. The molecule has 0 radical (unpaired) electrons. The summed E-state index contributed by atoms with van der Waals surface area (Å²) < 4.78 is 62.0. The number of piperidine rings is 2. The number of nitrogens with one attached hydrogen (secondary N) is 3. The Balaban J connectivity index is 0.786. The number of pyridine rings is 1. The third-order valence-electron chi connectivity index (χ3n) is 13.1. The van der Waals surface area contributed by atoms with Gasteiger partial charge < -0.3 is 15.5 Å². The molecule has 5 aliphatic rings. The Morgan fingerprint density at radius 1 is 1.00 bits per heavy atom. The minimum atomic E-state index is -3.01. The number of halogens is 5. The van der Waals surface area contributed by atoms with Crippen molar-refractivity contribution in [2.45, 2.75) is 69.2 Å². The average Bonchev–Trinajstić information content (AvgIpc) is 3.54. The van der Waals surface area contributed by atoms with Gasteiger partial charge in [0.15, 0.2) is 17.2 Å². The molecule has 3 saturated heterocycles. The van der Waals surface area contributed by atoms with Crippen LogP contribution in [0.3, 0.4) is 0 Å². The molecule has 2 unspecified atom stereocenters. The Kier molecular flexibility index (Phi) is 9.98.